The van der Waals surface area contributed by atoms with Crippen LogP contribution in [0.4, 0.5) is 0 Å². The number of nitrogens with zero attached hydrogens (tertiary/aromatic N) is 1. The molecule has 0 radical (unpaired) electrons. The second-order valence-corrected chi connectivity index (χ2v) is 5.87. The van der Waals surface area contributed by atoms with Gasteiger partial charge in [-0.05, 0) is 12.1 Å². The molecule has 1 saturated heterocycles. The Balaban J connectivity index is 1.98. The third kappa shape index (κ3) is 1.85. The number of carbonyl (C=O) groups excluding carboxylic acids is 1. The van der Waals surface area contributed by atoms with Gasteiger partial charge in [0.25, 0.3) is 0 Å². The van der Waals surface area contributed by atoms with Gasteiger partial charge in [-0.25, -0.2) is 4.79 Å². The molecule has 1 fully saturated rings. The lowest BCUT2D eigenvalue weighted by Crippen LogP contribution is -2.51. The highest BCUT2D eigenvalue weighted by atomic mass is 32.2. The number of carboxylic acids is 1. The first-order valence-corrected chi connectivity index (χ1v) is 6.93. The van der Waals surface area contributed by atoms with Crippen LogP contribution in [0.2, 0.25) is 0 Å². The van der Waals surface area contributed by atoms with E-state index in [1.807, 2.05) is 37.3 Å². The number of fused-ring (bicyclic) bond motifs is 1. The van der Waals surface area contributed by atoms with Gasteiger partial charge < -0.3 is 10.0 Å². The number of carboxylic acid groups (broad SMARTS) is 1. The standard InChI is InChI=1S/C14H13NO3S/c1-8-10-7-11(16)15(10)12(14(17)18)13(8)19-9-5-3-2-4-6-9/h2-6,8,10H,7H2,1H3,(H,17,18). The molecule has 1 aromatic rings. The lowest BCUT2D eigenvalue weighted by Gasteiger charge is -2.37. The van der Waals surface area contributed by atoms with Crippen LogP contribution in [0.15, 0.2) is 45.8 Å². The van der Waals surface area contributed by atoms with Crippen molar-refractivity contribution in [2.75, 3.05) is 0 Å². The Bertz CT molecular complexity index is 582. The molecule has 2 heterocycles. The van der Waals surface area contributed by atoms with E-state index in [1.54, 1.807) is 0 Å². The summed E-state index contributed by atoms with van der Waals surface area (Å²) in [5.74, 6) is -1.01. The minimum Gasteiger partial charge on any atom is -0.477 e. The van der Waals surface area contributed by atoms with Gasteiger partial charge in [0.05, 0.1) is 6.04 Å². The van der Waals surface area contributed by atoms with Gasteiger partial charge in [0.2, 0.25) is 5.91 Å². The van der Waals surface area contributed by atoms with E-state index in [-0.39, 0.29) is 23.6 Å². The molecular weight excluding hydrogens is 262 g/mol. The first kappa shape index (κ1) is 12.3. The molecule has 4 nitrogen and oxygen atoms in total. The molecule has 0 saturated carbocycles. The van der Waals surface area contributed by atoms with E-state index in [4.69, 9.17) is 0 Å². The molecule has 0 bridgehead atoms. The van der Waals surface area contributed by atoms with E-state index in [2.05, 4.69) is 0 Å². The molecule has 2 unspecified atom stereocenters. The Hall–Kier alpha value is -1.75. The molecule has 1 aromatic carbocycles. The van der Waals surface area contributed by atoms with Crippen LogP contribution in [-0.2, 0) is 9.59 Å². The molecule has 2 aliphatic heterocycles. The van der Waals surface area contributed by atoms with E-state index in [0.717, 1.165) is 9.80 Å². The molecule has 1 amide bonds. The number of benzene rings is 1. The van der Waals surface area contributed by atoms with Crippen molar-refractivity contribution in [3.05, 3.63) is 40.9 Å². The fourth-order valence-corrected chi connectivity index (χ4v) is 3.78. The zero-order valence-corrected chi connectivity index (χ0v) is 11.2. The number of hydrogen-bond acceptors (Lipinski definition) is 3. The Morgan fingerprint density at radius 2 is 2.05 bits per heavy atom. The van der Waals surface area contributed by atoms with Gasteiger partial charge in [-0.1, -0.05) is 36.9 Å². The molecular formula is C14H13NO3S. The van der Waals surface area contributed by atoms with Crippen LogP contribution in [0.3, 0.4) is 0 Å². The van der Waals surface area contributed by atoms with Crippen molar-refractivity contribution in [1.82, 2.24) is 4.90 Å². The van der Waals surface area contributed by atoms with Crippen molar-refractivity contribution < 1.29 is 14.7 Å². The summed E-state index contributed by atoms with van der Waals surface area (Å²) < 4.78 is 0. The SMILES string of the molecule is CC1C(Sc2ccccc2)=C(C(=O)O)N2C(=O)CC12. The normalized spacial score (nSPS) is 25.3. The number of amides is 1. The van der Waals surface area contributed by atoms with E-state index in [9.17, 15) is 14.7 Å². The van der Waals surface area contributed by atoms with Gasteiger partial charge >= 0.3 is 5.97 Å². The van der Waals surface area contributed by atoms with Crippen LogP contribution < -0.4 is 0 Å². The van der Waals surface area contributed by atoms with Crippen LogP contribution in [0.25, 0.3) is 0 Å². The molecule has 5 heteroatoms. The summed E-state index contributed by atoms with van der Waals surface area (Å²) in [4.78, 5) is 26.2. The highest BCUT2D eigenvalue weighted by Gasteiger charge is 2.51. The van der Waals surface area contributed by atoms with Crippen LogP contribution in [-0.4, -0.2) is 27.9 Å². The minimum absolute atomic E-state index is 0.0322. The first-order chi connectivity index (χ1) is 9.09. The van der Waals surface area contributed by atoms with E-state index in [0.29, 0.717) is 6.42 Å². The van der Waals surface area contributed by atoms with Crippen molar-refractivity contribution in [3.63, 3.8) is 0 Å². The average molecular weight is 275 g/mol. The van der Waals surface area contributed by atoms with Crippen LogP contribution in [0, 0.1) is 5.92 Å². The molecule has 3 rings (SSSR count). The predicted molar refractivity (Wildman–Crippen MR) is 71.4 cm³/mol. The van der Waals surface area contributed by atoms with E-state index >= 15 is 0 Å². The van der Waals surface area contributed by atoms with E-state index in [1.165, 1.54) is 16.7 Å². The number of carbonyl (C=O) groups is 2. The second kappa shape index (κ2) is 4.42. The Morgan fingerprint density at radius 1 is 1.37 bits per heavy atom. The first-order valence-electron chi connectivity index (χ1n) is 6.12. The third-order valence-electron chi connectivity index (χ3n) is 3.62. The monoisotopic (exact) mass is 275 g/mol. The second-order valence-electron chi connectivity index (χ2n) is 4.76. The highest BCUT2D eigenvalue weighted by molar-refractivity contribution is 8.03. The maximum Gasteiger partial charge on any atom is 0.353 e. The third-order valence-corrected chi connectivity index (χ3v) is 4.92. The summed E-state index contributed by atoms with van der Waals surface area (Å²) in [5, 5.41) is 9.35. The van der Waals surface area contributed by atoms with Crippen LogP contribution in [0.5, 0.6) is 0 Å². The van der Waals surface area contributed by atoms with Gasteiger partial charge in [0, 0.05) is 22.1 Å². The summed E-state index contributed by atoms with van der Waals surface area (Å²) in [6.45, 7) is 1.99. The summed E-state index contributed by atoms with van der Waals surface area (Å²) in [5.41, 5.74) is 0.169. The lowest BCUT2D eigenvalue weighted by atomic mass is 9.94. The maximum atomic E-state index is 11.6. The number of thioether (sulfide) groups is 1. The van der Waals surface area contributed by atoms with Crippen LogP contribution >= 0.6 is 11.8 Å². The number of β-lactam (4-membered cyclic amide) rings is 1. The molecule has 0 aromatic heterocycles. The van der Waals surface area contributed by atoms with Crippen molar-refractivity contribution in [3.8, 4) is 0 Å². The molecule has 98 valence electrons. The van der Waals surface area contributed by atoms with Gasteiger partial charge in [-0.15, -0.1) is 0 Å². The van der Waals surface area contributed by atoms with Crippen molar-refractivity contribution in [2.45, 2.75) is 24.3 Å². The fraction of sp³-hybridized carbons (Fsp3) is 0.286. The molecule has 2 aliphatic rings. The number of rotatable bonds is 3. The molecule has 19 heavy (non-hydrogen) atoms. The van der Waals surface area contributed by atoms with Crippen molar-refractivity contribution >= 4 is 23.6 Å². The smallest absolute Gasteiger partial charge is 0.353 e. The average Bonchev–Trinajstić information content (AvgIpc) is 2.61. The number of aliphatic carboxylic acids is 1. The lowest BCUT2D eigenvalue weighted by molar-refractivity contribution is -0.148. The minimum atomic E-state index is -1.01. The zero-order chi connectivity index (χ0) is 13.6. The summed E-state index contributed by atoms with van der Waals surface area (Å²) in [6.07, 6.45) is 0.455. The molecule has 1 N–H and O–H groups in total. The van der Waals surface area contributed by atoms with Gasteiger partial charge in [-0.3, -0.25) is 4.79 Å². The quantitative estimate of drug-likeness (QED) is 0.860. The molecule has 2 atom stereocenters. The van der Waals surface area contributed by atoms with Gasteiger partial charge in [0.15, 0.2) is 0 Å². The highest BCUT2D eigenvalue weighted by Crippen LogP contribution is 2.48. The van der Waals surface area contributed by atoms with Crippen molar-refractivity contribution in [2.24, 2.45) is 5.92 Å². The van der Waals surface area contributed by atoms with Crippen LogP contribution in [0.1, 0.15) is 13.3 Å². The van der Waals surface area contributed by atoms with E-state index < -0.39 is 5.97 Å². The summed E-state index contributed by atoms with van der Waals surface area (Å²) >= 11 is 1.45. The predicted octanol–water partition coefficient (Wildman–Crippen LogP) is 2.33. The summed E-state index contributed by atoms with van der Waals surface area (Å²) in [6, 6.07) is 9.68. The Kier molecular flexibility index (Phi) is 2.86. The fourth-order valence-electron chi connectivity index (χ4n) is 2.61. The number of hydrogen-bond donors (Lipinski definition) is 1. The maximum absolute atomic E-state index is 11.6. The zero-order valence-electron chi connectivity index (χ0n) is 10.4. The Labute approximate surface area is 115 Å². The topological polar surface area (TPSA) is 57.6 Å². The van der Waals surface area contributed by atoms with Gasteiger partial charge in [0.1, 0.15) is 5.70 Å². The largest absolute Gasteiger partial charge is 0.477 e. The summed E-state index contributed by atoms with van der Waals surface area (Å²) in [7, 11) is 0. The van der Waals surface area contributed by atoms with Crippen molar-refractivity contribution in [1.29, 1.82) is 0 Å². The Morgan fingerprint density at radius 3 is 2.63 bits per heavy atom. The van der Waals surface area contributed by atoms with Gasteiger partial charge in [-0.2, -0.15) is 0 Å². The molecule has 0 spiro atoms. The molecule has 0 aliphatic carbocycles.